The number of pyridine rings is 2. The van der Waals surface area contributed by atoms with E-state index in [0.29, 0.717) is 53.2 Å². The number of carboxylic acid groups (broad SMARTS) is 1. The smallest absolute Gasteiger partial charge is 0.407 e. The molecule has 5 rings (SSSR count). The monoisotopic (exact) mass is 505 g/mol. The first kappa shape index (κ1) is 23.8. The van der Waals surface area contributed by atoms with Crippen molar-refractivity contribution in [2.45, 2.75) is 19.9 Å². The third-order valence-corrected chi connectivity index (χ3v) is 6.94. The Morgan fingerprint density at radius 3 is 2.47 bits per heavy atom. The first-order valence-electron chi connectivity index (χ1n) is 11.6. The zero-order valence-electron chi connectivity index (χ0n) is 19.9. The van der Waals surface area contributed by atoms with Crippen LogP contribution in [0.15, 0.2) is 54.6 Å². The topological polar surface area (TPSA) is 95.6 Å². The lowest BCUT2D eigenvalue weighted by Gasteiger charge is -2.40. The van der Waals surface area contributed by atoms with Gasteiger partial charge in [-0.25, -0.2) is 19.2 Å². The van der Waals surface area contributed by atoms with Crippen LogP contribution in [-0.2, 0) is 0 Å². The maximum absolute atomic E-state index is 14.7. The van der Waals surface area contributed by atoms with Crippen molar-refractivity contribution >= 4 is 40.2 Å². The van der Waals surface area contributed by atoms with E-state index in [9.17, 15) is 14.3 Å². The number of benzene rings is 2. The molecule has 0 unspecified atom stereocenters. The molecule has 0 aliphatic carbocycles. The van der Waals surface area contributed by atoms with Gasteiger partial charge in [0.05, 0.1) is 21.8 Å². The van der Waals surface area contributed by atoms with Gasteiger partial charge in [-0.2, -0.15) is 0 Å². The number of nitrogen functional groups attached to an aromatic ring is 1. The van der Waals surface area contributed by atoms with Gasteiger partial charge in [0.1, 0.15) is 17.5 Å². The Bertz CT molecular complexity index is 1500. The third kappa shape index (κ3) is 4.07. The number of piperazine rings is 1. The van der Waals surface area contributed by atoms with E-state index in [0.717, 1.165) is 11.1 Å². The summed E-state index contributed by atoms with van der Waals surface area (Å²) >= 11 is 6.70. The molecule has 1 atom stereocenters. The number of anilines is 2. The van der Waals surface area contributed by atoms with Gasteiger partial charge < -0.3 is 20.6 Å². The number of hydrogen-bond donors (Lipinski definition) is 2. The summed E-state index contributed by atoms with van der Waals surface area (Å²) in [5.74, 6) is 0.435. The van der Waals surface area contributed by atoms with E-state index in [1.807, 2.05) is 43.0 Å². The summed E-state index contributed by atoms with van der Waals surface area (Å²) in [5, 5.41) is 10.4. The van der Waals surface area contributed by atoms with Gasteiger partial charge in [0.2, 0.25) is 0 Å². The molecule has 1 amide bonds. The van der Waals surface area contributed by atoms with Crippen LogP contribution < -0.4 is 10.6 Å². The maximum Gasteiger partial charge on any atom is 0.407 e. The molecule has 184 valence electrons. The predicted molar refractivity (Wildman–Crippen MR) is 141 cm³/mol. The summed E-state index contributed by atoms with van der Waals surface area (Å²) < 4.78 is 14.7. The molecule has 9 heteroatoms. The van der Waals surface area contributed by atoms with E-state index in [-0.39, 0.29) is 16.9 Å². The highest BCUT2D eigenvalue weighted by Crippen LogP contribution is 2.42. The average Bonchev–Trinajstić information content (AvgIpc) is 2.85. The molecule has 1 aliphatic heterocycles. The largest absolute Gasteiger partial charge is 0.465 e. The summed E-state index contributed by atoms with van der Waals surface area (Å²) in [6.07, 6.45) is -0.951. The molecule has 0 bridgehead atoms. The second-order valence-corrected chi connectivity index (χ2v) is 9.38. The van der Waals surface area contributed by atoms with Gasteiger partial charge in [-0.05, 0) is 43.2 Å². The number of rotatable bonds is 3. The van der Waals surface area contributed by atoms with Crippen molar-refractivity contribution in [3.8, 4) is 22.4 Å². The van der Waals surface area contributed by atoms with Crippen LogP contribution in [0.5, 0.6) is 0 Å². The normalized spacial score (nSPS) is 15.9. The minimum atomic E-state index is -0.951. The molecule has 0 saturated carbocycles. The minimum Gasteiger partial charge on any atom is -0.465 e. The molecule has 0 spiro atoms. The number of aryl methyl sites for hydroxylation is 1. The second-order valence-electron chi connectivity index (χ2n) is 8.98. The fourth-order valence-corrected chi connectivity index (χ4v) is 5.08. The quantitative estimate of drug-likeness (QED) is 0.363. The lowest BCUT2D eigenvalue weighted by Crippen LogP contribution is -2.53. The Kier molecular flexibility index (Phi) is 6.14. The molecule has 3 N–H and O–H groups in total. The van der Waals surface area contributed by atoms with Crippen molar-refractivity contribution < 1.29 is 14.3 Å². The van der Waals surface area contributed by atoms with E-state index < -0.39 is 11.9 Å². The van der Waals surface area contributed by atoms with Crippen LogP contribution in [0.2, 0.25) is 5.02 Å². The highest BCUT2D eigenvalue weighted by molar-refractivity contribution is 6.34. The zero-order chi connectivity index (χ0) is 25.6. The Morgan fingerprint density at radius 2 is 1.81 bits per heavy atom. The van der Waals surface area contributed by atoms with Crippen molar-refractivity contribution in [1.82, 2.24) is 14.9 Å². The van der Waals surface area contributed by atoms with Gasteiger partial charge in [0, 0.05) is 36.6 Å². The zero-order valence-corrected chi connectivity index (χ0v) is 20.6. The number of nitrogens with zero attached hydrogens (tertiary/aromatic N) is 4. The van der Waals surface area contributed by atoms with Gasteiger partial charge in [0.15, 0.2) is 0 Å². The highest BCUT2D eigenvalue weighted by atomic mass is 35.5. The number of aromatic nitrogens is 2. The molecular weight excluding hydrogens is 481 g/mol. The minimum absolute atomic E-state index is 0.153. The summed E-state index contributed by atoms with van der Waals surface area (Å²) in [7, 11) is 0. The van der Waals surface area contributed by atoms with Crippen LogP contribution in [-0.4, -0.2) is 51.7 Å². The Hall–Kier alpha value is -3.91. The number of halogens is 2. The molecular formula is C27H25ClFN5O2. The number of amides is 1. The molecule has 3 heterocycles. The van der Waals surface area contributed by atoms with Crippen LogP contribution in [0.25, 0.3) is 33.3 Å². The predicted octanol–water partition coefficient (Wildman–Crippen LogP) is 5.84. The Labute approximate surface area is 212 Å². The van der Waals surface area contributed by atoms with Gasteiger partial charge in [0.25, 0.3) is 0 Å². The summed E-state index contributed by atoms with van der Waals surface area (Å²) in [6.45, 7) is 5.01. The standard InChI is InChI=1S/C27H25ClFN5O2/c1-15-7-3-4-8-17(15)22-24-19(13-20(28)23(31-24)18-9-5-6-10-21(18)29)26(32-25(22)30)34-12-11-33(27(35)36)14-16(34)2/h3-10,13,16H,11-12,14H2,1-2H3,(H2,30,32)(H,35,36)/t16-/m0/s1. The lowest BCUT2D eigenvalue weighted by atomic mass is 9.97. The maximum atomic E-state index is 14.7. The van der Waals surface area contributed by atoms with Crippen molar-refractivity contribution in [2.75, 3.05) is 30.3 Å². The Balaban J connectivity index is 1.78. The molecule has 1 saturated heterocycles. The average molecular weight is 506 g/mol. The van der Waals surface area contributed by atoms with Gasteiger partial charge in [-0.15, -0.1) is 0 Å². The van der Waals surface area contributed by atoms with E-state index in [1.54, 1.807) is 24.3 Å². The SMILES string of the molecule is Cc1ccccc1-c1c(N)nc(N2CCN(C(=O)O)C[C@@H]2C)c2cc(Cl)c(-c3ccccc3F)nc12. The molecule has 36 heavy (non-hydrogen) atoms. The van der Waals surface area contributed by atoms with E-state index in [2.05, 4.69) is 0 Å². The number of carbonyl (C=O) groups is 1. The highest BCUT2D eigenvalue weighted by Gasteiger charge is 2.30. The molecule has 4 aromatic rings. The number of fused-ring (bicyclic) bond motifs is 1. The number of nitrogens with two attached hydrogens (primary N) is 1. The molecule has 0 radical (unpaired) electrons. The van der Waals surface area contributed by atoms with Gasteiger partial charge in [-0.1, -0.05) is 48.0 Å². The summed E-state index contributed by atoms with van der Waals surface area (Å²) in [5.41, 5.74) is 10.3. The van der Waals surface area contributed by atoms with E-state index in [1.165, 1.54) is 11.0 Å². The Morgan fingerprint density at radius 1 is 1.11 bits per heavy atom. The molecule has 2 aromatic carbocycles. The van der Waals surface area contributed by atoms with Gasteiger partial charge in [-0.3, -0.25) is 0 Å². The van der Waals surface area contributed by atoms with Crippen molar-refractivity contribution in [3.05, 3.63) is 71.0 Å². The fourth-order valence-electron chi connectivity index (χ4n) is 4.83. The lowest BCUT2D eigenvalue weighted by molar-refractivity contribution is 0.136. The number of hydrogen-bond acceptors (Lipinski definition) is 5. The van der Waals surface area contributed by atoms with Crippen LogP contribution in [0.1, 0.15) is 12.5 Å². The van der Waals surface area contributed by atoms with Crippen LogP contribution in [0.3, 0.4) is 0 Å². The van der Waals surface area contributed by atoms with Crippen molar-refractivity contribution in [3.63, 3.8) is 0 Å². The fraction of sp³-hybridized carbons (Fsp3) is 0.222. The molecule has 1 aliphatic rings. The molecule has 2 aromatic heterocycles. The van der Waals surface area contributed by atoms with Crippen LogP contribution >= 0.6 is 11.6 Å². The first-order valence-corrected chi connectivity index (χ1v) is 12.0. The first-order chi connectivity index (χ1) is 17.3. The second kappa shape index (κ2) is 9.28. The summed E-state index contributed by atoms with van der Waals surface area (Å²) in [6, 6.07) is 15.8. The van der Waals surface area contributed by atoms with E-state index in [4.69, 9.17) is 27.3 Å². The third-order valence-electron chi connectivity index (χ3n) is 6.65. The van der Waals surface area contributed by atoms with Crippen molar-refractivity contribution in [2.24, 2.45) is 0 Å². The van der Waals surface area contributed by atoms with Crippen LogP contribution in [0.4, 0.5) is 20.8 Å². The van der Waals surface area contributed by atoms with E-state index >= 15 is 0 Å². The van der Waals surface area contributed by atoms with Gasteiger partial charge >= 0.3 is 6.09 Å². The van der Waals surface area contributed by atoms with Crippen LogP contribution in [0, 0.1) is 12.7 Å². The molecule has 7 nitrogen and oxygen atoms in total. The summed E-state index contributed by atoms with van der Waals surface area (Å²) in [4.78, 5) is 24.6. The van der Waals surface area contributed by atoms with Crippen molar-refractivity contribution in [1.29, 1.82) is 0 Å². The molecule has 1 fully saturated rings.